The maximum absolute atomic E-state index is 10.5. The molecular weight excluding hydrogens is 536 g/mol. The van der Waals surface area contributed by atoms with Crippen molar-refractivity contribution in [3.8, 4) is 0 Å². The second-order valence-electron chi connectivity index (χ2n) is 5.47. The number of aldehydes is 1. The molecule has 11 heteroatoms. The molecule has 9 nitrogen and oxygen atoms in total. The second-order valence-corrected chi connectivity index (χ2v) is 5.47. The molecule has 1 heterocycles. The molecule has 29 heavy (non-hydrogen) atoms. The first kappa shape index (κ1) is 39.3. The van der Waals surface area contributed by atoms with Crippen molar-refractivity contribution in [1.29, 1.82) is 0 Å². The van der Waals surface area contributed by atoms with E-state index in [0.717, 1.165) is 13.8 Å². The van der Waals surface area contributed by atoms with Gasteiger partial charge in [-0.1, -0.05) is 6.42 Å². The molecule has 0 bridgehead atoms. The third kappa shape index (κ3) is 32.7. The number of rotatable bonds is 7. The molecule has 2 atom stereocenters. The van der Waals surface area contributed by atoms with Gasteiger partial charge >= 0.3 is 0 Å². The summed E-state index contributed by atoms with van der Waals surface area (Å²) >= 11 is 0. The normalized spacial score (nSPS) is 12.6. The van der Waals surface area contributed by atoms with Crippen LogP contribution >= 0.6 is 0 Å². The van der Waals surface area contributed by atoms with E-state index in [-0.39, 0.29) is 83.9 Å². The van der Waals surface area contributed by atoms with Crippen molar-refractivity contribution in [2.24, 2.45) is 5.92 Å². The molecule has 1 saturated heterocycles. The van der Waals surface area contributed by atoms with Crippen LogP contribution in [0.3, 0.4) is 0 Å². The monoisotopic (exact) mass is 563 g/mol. The fourth-order valence-corrected chi connectivity index (χ4v) is 1.33. The summed E-state index contributed by atoms with van der Waals surface area (Å²) in [5, 5.41) is 12.1. The van der Waals surface area contributed by atoms with Crippen molar-refractivity contribution in [3.05, 3.63) is 0 Å². The minimum atomic E-state index is -1.54. The molecule has 0 spiro atoms. The van der Waals surface area contributed by atoms with Crippen LogP contribution in [0.25, 0.3) is 0 Å². The summed E-state index contributed by atoms with van der Waals surface area (Å²) in [6.07, 6.45) is 4.23. The van der Waals surface area contributed by atoms with Gasteiger partial charge in [-0.25, -0.2) is 0 Å². The summed E-state index contributed by atoms with van der Waals surface area (Å²) in [6, 6.07) is 0. The molecule has 0 aromatic heterocycles. The van der Waals surface area contributed by atoms with Crippen molar-refractivity contribution in [2.75, 3.05) is 13.1 Å². The van der Waals surface area contributed by atoms with Gasteiger partial charge in [-0.3, -0.25) is 27.0 Å². The van der Waals surface area contributed by atoms with Crippen LogP contribution in [0.1, 0.15) is 47.0 Å². The number of Topliss-reactive ketones (excluding diaryl/α,β-unsaturated/α-hetero) is 4. The molecule has 0 amide bonds. The van der Waals surface area contributed by atoms with Gasteiger partial charge in [0.25, 0.3) is 0 Å². The van der Waals surface area contributed by atoms with Crippen LogP contribution in [-0.2, 0) is 99.0 Å². The smallest absolute Gasteiger partial charge is 0.192 e. The van der Waals surface area contributed by atoms with Crippen LogP contribution in [0, 0.1) is 5.92 Å². The SMILES string of the molecule is C1CCNC1.CC(=O)C(O)C([C-]=O)C(C)=O.CC(=O)C=O.CC(=O)C[C-]=O.[Y].[Y]. The van der Waals surface area contributed by atoms with Gasteiger partial charge in [0.05, 0.1) is 6.10 Å². The van der Waals surface area contributed by atoms with Gasteiger partial charge in [-0.15, -0.1) is 0 Å². The largest absolute Gasteiger partial charge is 0.541 e. The first-order valence-corrected chi connectivity index (χ1v) is 8.12. The van der Waals surface area contributed by atoms with Crippen LogP contribution in [0.4, 0.5) is 0 Å². The summed E-state index contributed by atoms with van der Waals surface area (Å²) in [6.45, 7) is 7.30. The van der Waals surface area contributed by atoms with Gasteiger partial charge in [0, 0.05) is 72.3 Å². The first-order chi connectivity index (χ1) is 12.5. The fraction of sp³-hybridized carbons (Fsp3) is 0.611. The summed E-state index contributed by atoms with van der Waals surface area (Å²) in [4.78, 5) is 68.7. The molecule has 2 N–H and O–H groups in total. The van der Waals surface area contributed by atoms with E-state index in [1.165, 1.54) is 52.4 Å². The van der Waals surface area contributed by atoms with E-state index in [0.29, 0.717) is 0 Å². The van der Waals surface area contributed by atoms with E-state index in [1.807, 2.05) is 0 Å². The third-order valence-electron chi connectivity index (χ3n) is 2.74. The van der Waals surface area contributed by atoms with Crippen LogP contribution in [0.15, 0.2) is 0 Å². The number of aliphatic hydroxyl groups excluding tert-OH is 1. The minimum Gasteiger partial charge on any atom is -0.541 e. The Morgan fingerprint density at radius 3 is 1.45 bits per heavy atom. The maximum atomic E-state index is 10.5. The van der Waals surface area contributed by atoms with Gasteiger partial charge in [0.1, 0.15) is 11.6 Å². The topological polar surface area (TPSA) is 152 Å². The van der Waals surface area contributed by atoms with Crippen molar-refractivity contribution in [3.63, 3.8) is 0 Å². The molecule has 1 rings (SSSR count). The molecule has 2 radical (unpaired) electrons. The van der Waals surface area contributed by atoms with Gasteiger partial charge in [0.2, 0.25) is 0 Å². The van der Waals surface area contributed by atoms with E-state index in [1.54, 1.807) is 0 Å². The third-order valence-corrected chi connectivity index (χ3v) is 2.74. The average molecular weight is 563 g/mol. The number of hydrogen-bond donors (Lipinski definition) is 2. The molecule has 1 fully saturated rings. The molecule has 0 saturated carbocycles. The summed E-state index contributed by atoms with van der Waals surface area (Å²) in [5.74, 6) is -3.04. The maximum Gasteiger partial charge on any atom is 0.192 e. The van der Waals surface area contributed by atoms with Crippen LogP contribution in [0.5, 0.6) is 0 Å². The Hall–Kier alpha value is -0.182. The predicted octanol–water partition coefficient (Wildman–Crippen LogP) is -0.534. The standard InChI is InChI=1S/C7H9O4.C4H9N.C4H5O2.C3H4O2.2Y/c1-4(9)6(3-8)7(11)5(2)10;1-2-4-5-3-1;1-4(6)2-3-5;1-3(5)2-4;;/h6-7,11H,1-2H3;5H,1-4H2;2H2,1H3;2H,1H3;;/q-1;;-1;;;. The Bertz CT molecular complexity index is 500. The van der Waals surface area contributed by atoms with Gasteiger partial charge in [-0.2, -0.15) is 0 Å². The molecule has 2 unspecified atom stereocenters. The number of nitrogens with one attached hydrogen (secondary N) is 1. The Labute approximate surface area is 221 Å². The molecule has 1 aliphatic rings. The zero-order valence-electron chi connectivity index (χ0n) is 17.2. The van der Waals surface area contributed by atoms with Gasteiger partial charge in [-0.05, 0) is 52.6 Å². The van der Waals surface area contributed by atoms with E-state index < -0.39 is 29.4 Å². The van der Waals surface area contributed by atoms with Gasteiger partial charge in [0.15, 0.2) is 17.9 Å². The quantitative estimate of drug-likeness (QED) is 0.180. The summed E-state index contributed by atoms with van der Waals surface area (Å²) in [5.41, 5.74) is 0. The van der Waals surface area contributed by atoms with Crippen molar-refractivity contribution in [2.45, 2.75) is 53.1 Å². The van der Waals surface area contributed by atoms with E-state index >= 15 is 0 Å². The zero-order valence-corrected chi connectivity index (χ0v) is 22.9. The van der Waals surface area contributed by atoms with Crippen molar-refractivity contribution < 1.29 is 104 Å². The zero-order chi connectivity index (χ0) is 21.8. The Morgan fingerprint density at radius 1 is 0.966 bits per heavy atom. The minimum absolute atomic E-state index is 0. The van der Waals surface area contributed by atoms with E-state index in [9.17, 15) is 28.8 Å². The van der Waals surface area contributed by atoms with E-state index in [2.05, 4.69) is 5.32 Å². The van der Waals surface area contributed by atoms with Crippen LogP contribution in [0.2, 0.25) is 0 Å². The molecule has 0 aromatic rings. The van der Waals surface area contributed by atoms with Crippen LogP contribution < -0.4 is 5.32 Å². The Balaban J connectivity index is -0.0000000918. The Morgan fingerprint density at radius 2 is 1.38 bits per heavy atom. The summed E-state index contributed by atoms with van der Waals surface area (Å²) < 4.78 is 0. The van der Waals surface area contributed by atoms with Crippen LogP contribution in [-0.4, -0.2) is 66.3 Å². The number of carbonyl (C=O) groups is 5. The molecule has 0 aliphatic carbocycles. The Kier molecular flexibility index (Phi) is 37.7. The number of hydrogen-bond acceptors (Lipinski definition) is 9. The molecular formula is C18H27NO8Y2-2. The second kappa shape index (κ2) is 27.8. The molecule has 160 valence electrons. The average Bonchev–Trinajstić information content (AvgIpc) is 3.15. The predicted molar refractivity (Wildman–Crippen MR) is 96.4 cm³/mol. The van der Waals surface area contributed by atoms with Crippen molar-refractivity contribution >= 4 is 42.0 Å². The van der Waals surface area contributed by atoms with E-state index in [4.69, 9.17) is 9.90 Å². The number of carbonyl (C=O) groups excluding carboxylic acids is 7. The van der Waals surface area contributed by atoms with Crippen molar-refractivity contribution in [1.82, 2.24) is 5.32 Å². The molecule has 1 aliphatic heterocycles. The fourth-order valence-electron chi connectivity index (χ4n) is 1.33. The molecule has 0 aromatic carbocycles. The summed E-state index contributed by atoms with van der Waals surface area (Å²) in [7, 11) is 0. The van der Waals surface area contributed by atoms with Gasteiger partial charge < -0.3 is 29.6 Å². The first-order valence-electron chi connectivity index (χ1n) is 8.12. The number of ketones is 4. The number of aliphatic hydroxyl groups is 1.